The van der Waals surface area contributed by atoms with Gasteiger partial charge in [-0.05, 0) is 38.1 Å². The number of aromatic nitrogens is 3. The summed E-state index contributed by atoms with van der Waals surface area (Å²) in [7, 11) is 0. The molecule has 0 radical (unpaired) electrons. The first-order valence-corrected chi connectivity index (χ1v) is 10.5. The maximum absolute atomic E-state index is 12.3. The van der Waals surface area contributed by atoms with Gasteiger partial charge in [-0.2, -0.15) is 5.10 Å². The molecule has 2 aromatic heterocycles. The van der Waals surface area contributed by atoms with Gasteiger partial charge in [0.25, 0.3) is 0 Å². The van der Waals surface area contributed by atoms with E-state index in [9.17, 15) is 4.79 Å². The van der Waals surface area contributed by atoms with E-state index in [1.54, 1.807) is 0 Å². The predicted octanol–water partition coefficient (Wildman–Crippen LogP) is 1.98. The summed E-state index contributed by atoms with van der Waals surface area (Å²) in [5, 5.41) is 7.76. The highest BCUT2D eigenvalue weighted by Gasteiger charge is 2.29. The number of hydrogen-bond donors (Lipinski definition) is 2. The lowest BCUT2D eigenvalue weighted by atomic mass is 9.95. The van der Waals surface area contributed by atoms with Crippen LogP contribution in [0, 0.1) is 5.92 Å². The van der Waals surface area contributed by atoms with E-state index in [4.69, 9.17) is 5.10 Å². The smallest absolute Gasteiger partial charge is 0.223 e. The summed E-state index contributed by atoms with van der Waals surface area (Å²) in [6.45, 7) is 6.98. The fourth-order valence-corrected chi connectivity index (χ4v) is 4.15. The van der Waals surface area contributed by atoms with Crippen molar-refractivity contribution in [1.82, 2.24) is 19.7 Å². The molecule has 152 valence electrons. The number of nitrogens with zero attached hydrogens (tertiary/aromatic N) is 3. The maximum Gasteiger partial charge on any atom is 0.223 e. The summed E-state index contributed by atoms with van der Waals surface area (Å²) in [5.74, 6) is 1.45. The normalized spacial score (nSPS) is 19.4. The monoisotopic (exact) mass is 392 g/mol. The van der Waals surface area contributed by atoms with Crippen LogP contribution >= 0.6 is 0 Å². The molecule has 3 aromatic rings. The molecule has 0 unspecified atom stereocenters. The van der Waals surface area contributed by atoms with Crippen LogP contribution in [0.5, 0.6) is 0 Å². The summed E-state index contributed by atoms with van der Waals surface area (Å²) < 4.78 is 4.15. The molecule has 0 bridgehead atoms. The molecule has 0 saturated carbocycles. The van der Waals surface area contributed by atoms with Gasteiger partial charge in [0.05, 0.1) is 30.5 Å². The van der Waals surface area contributed by atoms with Crippen LogP contribution in [0.4, 0.5) is 0 Å². The Hall–Kier alpha value is -2.86. The zero-order chi connectivity index (χ0) is 20.2. The van der Waals surface area contributed by atoms with E-state index in [0.717, 1.165) is 44.0 Å². The second-order valence-corrected chi connectivity index (χ2v) is 8.20. The third-order valence-corrected chi connectivity index (χ3v) is 5.60. The number of quaternary nitrogens is 1. The number of para-hydroxylation sites is 1. The van der Waals surface area contributed by atoms with Gasteiger partial charge >= 0.3 is 0 Å². The molecule has 1 amide bonds. The van der Waals surface area contributed by atoms with Crippen molar-refractivity contribution in [3.05, 3.63) is 66.6 Å². The first kappa shape index (κ1) is 19.5. The summed E-state index contributed by atoms with van der Waals surface area (Å²) in [6, 6.07) is 14.5. The zero-order valence-corrected chi connectivity index (χ0v) is 17.2. The van der Waals surface area contributed by atoms with E-state index < -0.39 is 0 Å². The highest BCUT2D eigenvalue weighted by molar-refractivity contribution is 5.78. The second kappa shape index (κ2) is 8.66. The Kier molecular flexibility index (Phi) is 5.81. The lowest BCUT2D eigenvalue weighted by molar-refractivity contribution is -0.919. The van der Waals surface area contributed by atoms with E-state index in [1.807, 2.05) is 55.1 Å². The van der Waals surface area contributed by atoms with Crippen LogP contribution in [-0.2, 0) is 11.3 Å². The molecule has 1 saturated heterocycles. The number of amides is 1. The van der Waals surface area contributed by atoms with Crippen LogP contribution < -0.4 is 10.2 Å². The van der Waals surface area contributed by atoms with Gasteiger partial charge in [-0.25, -0.2) is 4.68 Å². The molecule has 2 N–H and O–H groups in total. The van der Waals surface area contributed by atoms with Crippen LogP contribution in [0.25, 0.3) is 11.5 Å². The lowest BCUT2D eigenvalue weighted by Gasteiger charge is -2.29. The third kappa shape index (κ3) is 4.43. The Labute approximate surface area is 172 Å². The maximum atomic E-state index is 12.3. The minimum Gasteiger partial charge on any atom is -0.354 e. The van der Waals surface area contributed by atoms with E-state index in [1.165, 1.54) is 10.5 Å². The van der Waals surface area contributed by atoms with E-state index in [2.05, 4.69) is 34.4 Å². The Balaban J connectivity index is 1.50. The fraction of sp³-hybridized carbons (Fsp3) is 0.391. The SMILES string of the molecule is CC(C)NC(=O)C1CC[NH+](Cc2cnn(-c3ccccc3)c2-n2cccc2)CC1. The van der Waals surface area contributed by atoms with Gasteiger partial charge in [0, 0.05) is 37.2 Å². The standard InChI is InChI=1S/C23H29N5O/c1-18(2)25-22(29)19-10-14-26(15-11-19)17-20-16-24-28(21-8-4-3-5-9-21)23(20)27-12-6-7-13-27/h3-9,12-13,16,18-19H,10-11,14-15,17H2,1-2H3,(H,25,29)/p+1. The number of carbonyl (C=O) groups is 1. The van der Waals surface area contributed by atoms with E-state index in [-0.39, 0.29) is 17.9 Å². The molecule has 1 aliphatic heterocycles. The molecule has 29 heavy (non-hydrogen) atoms. The average Bonchev–Trinajstić information content (AvgIpc) is 3.38. The van der Waals surface area contributed by atoms with Gasteiger partial charge < -0.3 is 14.8 Å². The Morgan fingerprint density at radius 3 is 2.48 bits per heavy atom. The van der Waals surface area contributed by atoms with Crippen LogP contribution in [0.15, 0.2) is 61.1 Å². The van der Waals surface area contributed by atoms with Crippen LogP contribution in [0.2, 0.25) is 0 Å². The Morgan fingerprint density at radius 2 is 1.83 bits per heavy atom. The first-order valence-electron chi connectivity index (χ1n) is 10.5. The van der Waals surface area contributed by atoms with Gasteiger partial charge in [-0.15, -0.1) is 0 Å². The number of carbonyl (C=O) groups excluding carboxylic acids is 1. The molecule has 1 aromatic carbocycles. The van der Waals surface area contributed by atoms with Crippen molar-refractivity contribution in [2.75, 3.05) is 13.1 Å². The highest BCUT2D eigenvalue weighted by atomic mass is 16.1. The fourth-order valence-electron chi connectivity index (χ4n) is 4.15. The number of benzene rings is 1. The highest BCUT2D eigenvalue weighted by Crippen LogP contribution is 2.19. The molecule has 6 heteroatoms. The predicted molar refractivity (Wildman–Crippen MR) is 113 cm³/mol. The average molecular weight is 393 g/mol. The molecule has 1 aliphatic rings. The summed E-state index contributed by atoms with van der Waals surface area (Å²) in [5.41, 5.74) is 2.28. The van der Waals surface area contributed by atoms with Crippen molar-refractivity contribution < 1.29 is 9.69 Å². The second-order valence-electron chi connectivity index (χ2n) is 8.20. The summed E-state index contributed by atoms with van der Waals surface area (Å²) in [6.07, 6.45) is 8.02. The van der Waals surface area contributed by atoms with Gasteiger partial charge in [0.1, 0.15) is 12.4 Å². The minimum atomic E-state index is 0.150. The summed E-state index contributed by atoms with van der Waals surface area (Å²) >= 11 is 0. The number of hydrogen-bond acceptors (Lipinski definition) is 2. The molecule has 1 fully saturated rings. The molecule has 0 spiro atoms. The topological polar surface area (TPSA) is 56.3 Å². The molecule has 6 nitrogen and oxygen atoms in total. The quantitative estimate of drug-likeness (QED) is 0.674. The Morgan fingerprint density at radius 1 is 1.14 bits per heavy atom. The molecule has 4 rings (SSSR count). The molecule has 0 atom stereocenters. The van der Waals surface area contributed by atoms with Crippen LogP contribution in [-0.4, -0.2) is 39.4 Å². The van der Waals surface area contributed by atoms with Crippen molar-refractivity contribution >= 4 is 5.91 Å². The summed E-state index contributed by atoms with van der Waals surface area (Å²) in [4.78, 5) is 13.8. The molecular weight excluding hydrogens is 362 g/mol. The van der Waals surface area contributed by atoms with Gasteiger partial charge in [0.15, 0.2) is 0 Å². The van der Waals surface area contributed by atoms with Gasteiger partial charge in [-0.1, -0.05) is 18.2 Å². The zero-order valence-electron chi connectivity index (χ0n) is 17.2. The third-order valence-electron chi connectivity index (χ3n) is 5.60. The lowest BCUT2D eigenvalue weighted by Crippen LogP contribution is -3.11. The van der Waals surface area contributed by atoms with Crippen molar-refractivity contribution in [3.8, 4) is 11.5 Å². The van der Waals surface area contributed by atoms with Crippen molar-refractivity contribution in [2.45, 2.75) is 39.3 Å². The number of likely N-dealkylation sites (tertiary alicyclic amines) is 1. The largest absolute Gasteiger partial charge is 0.354 e. The van der Waals surface area contributed by atoms with Crippen molar-refractivity contribution in [1.29, 1.82) is 0 Å². The van der Waals surface area contributed by atoms with Crippen molar-refractivity contribution in [2.24, 2.45) is 5.92 Å². The van der Waals surface area contributed by atoms with E-state index >= 15 is 0 Å². The minimum absolute atomic E-state index is 0.150. The van der Waals surface area contributed by atoms with E-state index in [0.29, 0.717) is 0 Å². The number of rotatable bonds is 6. The van der Waals surface area contributed by atoms with Crippen LogP contribution in [0.3, 0.4) is 0 Å². The molecule has 0 aliphatic carbocycles. The number of piperidine rings is 1. The van der Waals surface area contributed by atoms with Crippen LogP contribution in [0.1, 0.15) is 32.3 Å². The Bertz CT molecular complexity index is 922. The van der Waals surface area contributed by atoms with Gasteiger partial charge in [-0.3, -0.25) is 4.79 Å². The molecular formula is C23H30N5O+. The van der Waals surface area contributed by atoms with Crippen molar-refractivity contribution in [3.63, 3.8) is 0 Å². The molecule has 3 heterocycles. The number of nitrogens with one attached hydrogen (secondary N) is 2. The van der Waals surface area contributed by atoms with Gasteiger partial charge in [0.2, 0.25) is 5.91 Å². The first-order chi connectivity index (χ1) is 14.1.